The smallest absolute Gasteiger partial charge is 0.333 e. The van der Waals surface area contributed by atoms with E-state index < -0.39 is 11.5 Å². The van der Waals surface area contributed by atoms with Crippen molar-refractivity contribution in [3.05, 3.63) is 51.2 Å². The van der Waals surface area contributed by atoms with Crippen LogP contribution in [0.3, 0.4) is 0 Å². The number of nitrogens with one attached hydrogen (secondary N) is 3. The van der Waals surface area contributed by atoms with Crippen molar-refractivity contribution >= 4 is 23.4 Å². The predicted octanol–water partition coefficient (Wildman–Crippen LogP) is 1.50. The molecule has 1 aromatic carbocycles. The lowest BCUT2D eigenvalue weighted by Crippen LogP contribution is -2.57. The first kappa shape index (κ1) is 24.5. The van der Waals surface area contributed by atoms with Crippen LogP contribution in [0.4, 0.5) is 0 Å². The number of benzene rings is 1. The van der Waals surface area contributed by atoms with Gasteiger partial charge in [-0.15, -0.1) is 0 Å². The molecule has 2 heterocycles. The van der Waals surface area contributed by atoms with Crippen LogP contribution in [0.2, 0.25) is 5.02 Å². The molecule has 1 aliphatic carbocycles. The van der Waals surface area contributed by atoms with E-state index in [-0.39, 0.29) is 41.3 Å². The molecule has 4 rings (SSSR count). The first-order valence-corrected chi connectivity index (χ1v) is 12.2. The van der Waals surface area contributed by atoms with Gasteiger partial charge in [0.2, 0.25) is 5.91 Å². The Kier molecular flexibility index (Phi) is 7.45. The third-order valence-electron chi connectivity index (χ3n) is 6.71. The minimum Gasteiger partial charge on any atom is -0.388 e. The maximum absolute atomic E-state index is 13.0. The molecule has 0 radical (unpaired) electrons. The molecule has 1 saturated heterocycles. The Morgan fingerprint density at radius 2 is 1.91 bits per heavy atom. The zero-order valence-electron chi connectivity index (χ0n) is 19.4. The number of carbonyl (C=O) groups excluding carboxylic acids is 2. The van der Waals surface area contributed by atoms with E-state index in [0.717, 1.165) is 38.8 Å². The Morgan fingerprint density at radius 1 is 1.21 bits per heavy atom. The van der Waals surface area contributed by atoms with Crippen LogP contribution in [0.25, 0.3) is 5.69 Å². The second-order valence-electron chi connectivity index (χ2n) is 9.42. The maximum atomic E-state index is 13.0. The number of nitrogens with zero attached hydrogens (tertiary/aromatic N) is 2. The van der Waals surface area contributed by atoms with E-state index in [0.29, 0.717) is 24.2 Å². The molecule has 1 aromatic heterocycles. The van der Waals surface area contributed by atoms with Gasteiger partial charge in [0.25, 0.3) is 5.91 Å². The Labute approximate surface area is 203 Å². The molecule has 10 heteroatoms. The molecule has 1 aliphatic heterocycles. The van der Waals surface area contributed by atoms with Gasteiger partial charge < -0.3 is 21.1 Å². The van der Waals surface area contributed by atoms with Crippen LogP contribution in [-0.2, 0) is 11.3 Å². The highest BCUT2D eigenvalue weighted by Crippen LogP contribution is 2.27. The summed E-state index contributed by atoms with van der Waals surface area (Å²) in [5, 5.41) is 19.9. The molecule has 1 saturated carbocycles. The van der Waals surface area contributed by atoms with E-state index in [1.807, 2.05) is 0 Å². The van der Waals surface area contributed by atoms with Gasteiger partial charge in [-0.05, 0) is 38.0 Å². The van der Waals surface area contributed by atoms with Gasteiger partial charge >= 0.3 is 5.69 Å². The fourth-order valence-electron chi connectivity index (χ4n) is 4.52. The quantitative estimate of drug-likeness (QED) is 0.440. The molecular formula is C24H32ClN5O4. The fourth-order valence-corrected chi connectivity index (χ4v) is 4.72. The highest BCUT2D eigenvalue weighted by atomic mass is 35.5. The van der Waals surface area contributed by atoms with Gasteiger partial charge in [-0.1, -0.05) is 37.3 Å². The van der Waals surface area contributed by atoms with Gasteiger partial charge in [0.15, 0.2) is 0 Å². The topological polar surface area (TPSA) is 117 Å². The summed E-state index contributed by atoms with van der Waals surface area (Å²) in [4.78, 5) is 38.2. The zero-order chi connectivity index (χ0) is 24.3. The Balaban J connectivity index is 1.49. The number of imidazole rings is 1. The van der Waals surface area contributed by atoms with Crippen LogP contribution >= 0.6 is 11.6 Å². The lowest BCUT2D eigenvalue weighted by atomic mass is 9.94. The van der Waals surface area contributed by atoms with E-state index in [1.54, 1.807) is 31.3 Å². The van der Waals surface area contributed by atoms with Gasteiger partial charge in [-0.3, -0.25) is 18.7 Å². The minimum absolute atomic E-state index is 0.0757. The Hall–Kier alpha value is -2.62. The van der Waals surface area contributed by atoms with Crippen molar-refractivity contribution in [2.24, 2.45) is 0 Å². The summed E-state index contributed by atoms with van der Waals surface area (Å²) < 4.78 is 2.80. The number of aryl methyl sites for hydroxylation is 1. The van der Waals surface area contributed by atoms with Crippen molar-refractivity contribution in [3.8, 4) is 5.69 Å². The molecular weight excluding hydrogens is 458 g/mol. The monoisotopic (exact) mass is 489 g/mol. The molecule has 2 aliphatic rings. The van der Waals surface area contributed by atoms with Gasteiger partial charge in [0, 0.05) is 31.5 Å². The zero-order valence-corrected chi connectivity index (χ0v) is 20.2. The molecule has 0 unspecified atom stereocenters. The van der Waals surface area contributed by atoms with Crippen LogP contribution in [0.15, 0.2) is 29.2 Å². The molecule has 184 valence electrons. The van der Waals surface area contributed by atoms with Crippen LogP contribution in [0.5, 0.6) is 0 Å². The average Bonchev–Trinajstić information content (AvgIpc) is 2.93. The molecule has 34 heavy (non-hydrogen) atoms. The van der Waals surface area contributed by atoms with Gasteiger partial charge in [-0.25, -0.2) is 4.79 Å². The second kappa shape index (κ2) is 10.3. The average molecular weight is 490 g/mol. The van der Waals surface area contributed by atoms with E-state index in [1.165, 1.54) is 9.13 Å². The Bertz CT molecular complexity index is 1110. The summed E-state index contributed by atoms with van der Waals surface area (Å²) in [6, 6.07) is 4.88. The largest absolute Gasteiger partial charge is 0.388 e. The number of aliphatic hydroxyl groups is 1. The normalized spacial score (nSPS) is 18.1. The van der Waals surface area contributed by atoms with Crippen LogP contribution in [0.1, 0.15) is 54.6 Å². The standard InChI is InChI=1S/C24H32ClN5O4/c1-16-13-30(23(33)29(16)14-21(31)28-17-11-26-12-17)18-6-7-20(25)19(10-18)22(32)27-15-24(34)8-4-2-3-5-9-24/h6-7,10,13,17,26,34H,2-5,8-9,11-12,14-15H2,1H3,(H,27,32)(H,28,31). The summed E-state index contributed by atoms with van der Waals surface area (Å²) >= 11 is 6.30. The molecule has 2 fully saturated rings. The number of hydrogen-bond acceptors (Lipinski definition) is 5. The summed E-state index contributed by atoms with van der Waals surface area (Å²) in [5.74, 6) is -0.621. The Morgan fingerprint density at radius 3 is 2.56 bits per heavy atom. The number of carbonyl (C=O) groups is 2. The van der Waals surface area contributed by atoms with Crippen molar-refractivity contribution in [2.75, 3.05) is 19.6 Å². The van der Waals surface area contributed by atoms with E-state index in [2.05, 4.69) is 16.0 Å². The SMILES string of the molecule is Cc1cn(-c2ccc(Cl)c(C(=O)NCC3(O)CCCCCC3)c2)c(=O)n1CC(=O)NC1CNC1. The van der Waals surface area contributed by atoms with Crippen molar-refractivity contribution in [1.29, 1.82) is 0 Å². The predicted molar refractivity (Wildman–Crippen MR) is 130 cm³/mol. The van der Waals surface area contributed by atoms with Crippen LogP contribution in [-0.4, -0.2) is 57.3 Å². The van der Waals surface area contributed by atoms with E-state index >= 15 is 0 Å². The minimum atomic E-state index is -0.905. The summed E-state index contributed by atoms with van der Waals surface area (Å²) in [6.45, 7) is 3.30. The van der Waals surface area contributed by atoms with Crippen molar-refractivity contribution in [3.63, 3.8) is 0 Å². The van der Waals surface area contributed by atoms with Crippen molar-refractivity contribution in [2.45, 2.75) is 63.6 Å². The molecule has 2 aromatic rings. The van der Waals surface area contributed by atoms with Crippen LogP contribution in [0, 0.1) is 6.92 Å². The number of hydrogen-bond donors (Lipinski definition) is 4. The summed E-state index contributed by atoms with van der Waals surface area (Å²) in [5.41, 5.74) is 0.0452. The van der Waals surface area contributed by atoms with Gasteiger partial charge in [0.05, 0.1) is 27.9 Å². The second-order valence-corrected chi connectivity index (χ2v) is 9.82. The number of amides is 2. The van der Waals surface area contributed by atoms with E-state index in [4.69, 9.17) is 11.6 Å². The lowest BCUT2D eigenvalue weighted by molar-refractivity contribution is -0.122. The first-order valence-electron chi connectivity index (χ1n) is 11.9. The highest BCUT2D eigenvalue weighted by Gasteiger charge is 2.29. The first-order chi connectivity index (χ1) is 16.3. The maximum Gasteiger partial charge on any atom is 0.333 e. The highest BCUT2D eigenvalue weighted by molar-refractivity contribution is 6.33. The molecule has 9 nitrogen and oxygen atoms in total. The van der Waals surface area contributed by atoms with Crippen molar-refractivity contribution in [1.82, 2.24) is 25.1 Å². The van der Waals surface area contributed by atoms with Crippen LogP contribution < -0.4 is 21.6 Å². The molecule has 4 N–H and O–H groups in total. The summed E-state index contributed by atoms with van der Waals surface area (Å²) in [7, 11) is 0. The number of rotatable bonds is 7. The third kappa shape index (κ3) is 5.54. The molecule has 0 bridgehead atoms. The fraction of sp³-hybridized carbons (Fsp3) is 0.542. The molecule has 0 atom stereocenters. The van der Waals surface area contributed by atoms with Crippen molar-refractivity contribution < 1.29 is 14.7 Å². The lowest BCUT2D eigenvalue weighted by Gasteiger charge is -2.27. The third-order valence-corrected chi connectivity index (χ3v) is 7.04. The van der Waals surface area contributed by atoms with Gasteiger partial charge in [-0.2, -0.15) is 0 Å². The molecule has 0 spiro atoms. The summed E-state index contributed by atoms with van der Waals surface area (Å²) in [6.07, 6.45) is 7.03. The number of aromatic nitrogens is 2. The van der Waals surface area contributed by atoms with E-state index in [9.17, 15) is 19.5 Å². The van der Waals surface area contributed by atoms with Gasteiger partial charge in [0.1, 0.15) is 6.54 Å². The molecule has 2 amide bonds. The number of halogens is 1.